The smallest absolute Gasteiger partial charge is 0.119 e. The van der Waals surface area contributed by atoms with E-state index in [2.05, 4.69) is 17.4 Å². The number of allylic oxidation sites excluding steroid dienone is 1. The van der Waals surface area contributed by atoms with Crippen molar-refractivity contribution in [2.24, 2.45) is 0 Å². The molecule has 1 aromatic rings. The third-order valence-electron chi connectivity index (χ3n) is 2.90. The first-order chi connectivity index (χ1) is 6.88. The van der Waals surface area contributed by atoms with Gasteiger partial charge in [0.2, 0.25) is 0 Å². The molecular formula is C12H13NO. The zero-order valence-corrected chi connectivity index (χ0v) is 8.26. The molecule has 1 N–H and O–H groups in total. The van der Waals surface area contributed by atoms with Gasteiger partial charge in [-0.2, -0.15) is 0 Å². The zero-order valence-electron chi connectivity index (χ0n) is 8.26. The average Bonchev–Trinajstić information content (AvgIpc) is 2.98. The summed E-state index contributed by atoms with van der Waals surface area (Å²) in [5, 5.41) is 3.46. The minimum absolute atomic E-state index is 0.950. The fraction of sp³-hybridized carbons (Fsp3) is 0.333. The third kappa shape index (κ3) is 1.10. The number of benzene rings is 1. The van der Waals surface area contributed by atoms with E-state index >= 15 is 0 Å². The van der Waals surface area contributed by atoms with Crippen molar-refractivity contribution in [3.63, 3.8) is 0 Å². The van der Waals surface area contributed by atoms with Gasteiger partial charge in [-0.3, -0.25) is 0 Å². The lowest BCUT2D eigenvalue weighted by atomic mass is 10.1. The molecule has 72 valence electrons. The number of methoxy groups -OCH3 is 1. The Hall–Kier alpha value is -1.44. The van der Waals surface area contributed by atoms with Gasteiger partial charge >= 0.3 is 0 Å². The molecule has 3 rings (SSSR count). The molecule has 0 aromatic heterocycles. The Kier molecular flexibility index (Phi) is 1.57. The van der Waals surface area contributed by atoms with Crippen molar-refractivity contribution in [3.05, 3.63) is 34.9 Å². The van der Waals surface area contributed by atoms with E-state index in [-0.39, 0.29) is 0 Å². The average molecular weight is 187 g/mol. The first kappa shape index (κ1) is 7.92. The predicted octanol–water partition coefficient (Wildman–Crippen LogP) is 2.30. The molecule has 1 aliphatic heterocycles. The van der Waals surface area contributed by atoms with Crippen LogP contribution in [0.5, 0.6) is 5.75 Å². The van der Waals surface area contributed by atoms with Gasteiger partial charge in [0, 0.05) is 17.8 Å². The number of fused-ring (bicyclic) bond motifs is 1. The Morgan fingerprint density at radius 1 is 1.29 bits per heavy atom. The molecule has 2 aliphatic rings. The van der Waals surface area contributed by atoms with Crippen LogP contribution in [0.3, 0.4) is 0 Å². The lowest BCUT2D eigenvalue weighted by Crippen LogP contribution is -2.00. The maximum absolute atomic E-state index is 5.24. The van der Waals surface area contributed by atoms with Crippen molar-refractivity contribution in [1.29, 1.82) is 0 Å². The van der Waals surface area contributed by atoms with Crippen molar-refractivity contribution < 1.29 is 4.74 Å². The van der Waals surface area contributed by atoms with Crippen LogP contribution < -0.4 is 10.1 Å². The second-order valence-corrected chi connectivity index (χ2v) is 3.86. The SMILES string of the molecule is COc1ccc2c(c1)C(=C1CC1)NC2. The van der Waals surface area contributed by atoms with Crippen LogP contribution >= 0.6 is 0 Å². The molecule has 0 amide bonds. The van der Waals surface area contributed by atoms with Gasteiger partial charge in [-0.05, 0) is 36.1 Å². The summed E-state index contributed by atoms with van der Waals surface area (Å²) < 4.78 is 5.24. The monoisotopic (exact) mass is 187 g/mol. The van der Waals surface area contributed by atoms with Gasteiger partial charge in [0.25, 0.3) is 0 Å². The van der Waals surface area contributed by atoms with E-state index < -0.39 is 0 Å². The Morgan fingerprint density at radius 2 is 2.14 bits per heavy atom. The summed E-state index contributed by atoms with van der Waals surface area (Å²) in [5.41, 5.74) is 5.66. The molecule has 14 heavy (non-hydrogen) atoms. The quantitative estimate of drug-likeness (QED) is 0.728. The van der Waals surface area contributed by atoms with E-state index in [1.807, 2.05) is 6.07 Å². The fourth-order valence-corrected chi connectivity index (χ4v) is 1.98. The second kappa shape index (κ2) is 2.77. The summed E-state index contributed by atoms with van der Waals surface area (Å²) in [6.07, 6.45) is 2.53. The van der Waals surface area contributed by atoms with Crippen LogP contribution in [-0.4, -0.2) is 7.11 Å². The Morgan fingerprint density at radius 3 is 2.86 bits per heavy atom. The van der Waals surface area contributed by atoms with Crippen LogP contribution in [0.2, 0.25) is 0 Å². The van der Waals surface area contributed by atoms with E-state index in [0.717, 1.165) is 12.3 Å². The largest absolute Gasteiger partial charge is 0.497 e. The first-order valence-electron chi connectivity index (χ1n) is 5.01. The maximum atomic E-state index is 5.24. The van der Waals surface area contributed by atoms with Crippen molar-refractivity contribution in [3.8, 4) is 5.75 Å². The summed E-state index contributed by atoms with van der Waals surface area (Å²) >= 11 is 0. The molecule has 1 saturated carbocycles. The molecule has 0 unspecified atom stereocenters. The maximum Gasteiger partial charge on any atom is 0.119 e. The normalized spacial score (nSPS) is 17.8. The lowest BCUT2D eigenvalue weighted by molar-refractivity contribution is 0.414. The van der Waals surface area contributed by atoms with Gasteiger partial charge < -0.3 is 10.1 Å². The predicted molar refractivity (Wildman–Crippen MR) is 56.0 cm³/mol. The van der Waals surface area contributed by atoms with E-state index in [1.165, 1.54) is 29.7 Å². The van der Waals surface area contributed by atoms with E-state index in [0.29, 0.717) is 0 Å². The van der Waals surface area contributed by atoms with Gasteiger partial charge in [-0.15, -0.1) is 0 Å². The van der Waals surface area contributed by atoms with E-state index in [9.17, 15) is 0 Å². The van der Waals surface area contributed by atoms with Crippen LogP contribution in [0.25, 0.3) is 5.70 Å². The molecule has 0 spiro atoms. The standard InChI is InChI=1S/C12H13NO/c1-14-10-5-4-9-7-13-12(8-2-3-8)11(9)6-10/h4-6,13H,2-3,7H2,1H3. The molecule has 1 heterocycles. The Labute approximate surface area is 83.6 Å². The molecular weight excluding hydrogens is 174 g/mol. The second-order valence-electron chi connectivity index (χ2n) is 3.86. The van der Waals surface area contributed by atoms with Gasteiger partial charge in [0.15, 0.2) is 0 Å². The number of ether oxygens (including phenoxy) is 1. The topological polar surface area (TPSA) is 21.3 Å². The highest BCUT2D eigenvalue weighted by Crippen LogP contribution is 2.39. The Bertz CT molecular complexity index is 414. The summed E-state index contributed by atoms with van der Waals surface area (Å²) in [5.74, 6) is 0.950. The van der Waals surface area contributed by atoms with Crippen LogP contribution in [0.15, 0.2) is 23.8 Å². The molecule has 2 heteroatoms. The van der Waals surface area contributed by atoms with Crippen LogP contribution in [0.4, 0.5) is 0 Å². The molecule has 1 fully saturated rings. The van der Waals surface area contributed by atoms with Crippen LogP contribution in [-0.2, 0) is 6.54 Å². The van der Waals surface area contributed by atoms with Gasteiger partial charge in [0.1, 0.15) is 5.75 Å². The van der Waals surface area contributed by atoms with Crippen molar-refractivity contribution in [1.82, 2.24) is 5.32 Å². The summed E-state index contributed by atoms with van der Waals surface area (Å²) in [6, 6.07) is 6.31. The highest BCUT2D eigenvalue weighted by atomic mass is 16.5. The van der Waals surface area contributed by atoms with Crippen molar-refractivity contribution in [2.75, 3.05) is 7.11 Å². The summed E-state index contributed by atoms with van der Waals surface area (Å²) in [4.78, 5) is 0. The van der Waals surface area contributed by atoms with E-state index in [1.54, 1.807) is 12.7 Å². The Balaban J connectivity index is 2.12. The van der Waals surface area contributed by atoms with Gasteiger partial charge in [0.05, 0.1) is 7.11 Å². The molecule has 0 bridgehead atoms. The summed E-state index contributed by atoms with van der Waals surface area (Å²) in [7, 11) is 1.72. The molecule has 2 nitrogen and oxygen atoms in total. The number of nitrogens with one attached hydrogen (secondary N) is 1. The number of hydrogen-bond acceptors (Lipinski definition) is 2. The minimum Gasteiger partial charge on any atom is -0.497 e. The molecule has 0 radical (unpaired) electrons. The van der Waals surface area contributed by atoms with Crippen LogP contribution in [0.1, 0.15) is 24.0 Å². The highest BCUT2D eigenvalue weighted by Gasteiger charge is 2.24. The van der Waals surface area contributed by atoms with Gasteiger partial charge in [-0.25, -0.2) is 0 Å². The molecule has 0 atom stereocenters. The number of hydrogen-bond donors (Lipinski definition) is 1. The number of rotatable bonds is 1. The minimum atomic E-state index is 0.950. The van der Waals surface area contributed by atoms with Crippen LogP contribution in [0, 0.1) is 0 Å². The fourth-order valence-electron chi connectivity index (χ4n) is 1.98. The van der Waals surface area contributed by atoms with Gasteiger partial charge in [-0.1, -0.05) is 6.07 Å². The van der Waals surface area contributed by atoms with Crippen molar-refractivity contribution >= 4 is 5.70 Å². The molecule has 1 aliphatic carbocycles. The first-order valence-corrected chi connectivity index (χ1v) is 5.01. The lowest BCUT2D eigenvalue weighted by Gasteiger charge is -2.03. The summed E-state index contributed by atoms with van der Waals surface area (Å²) in [6.45, 7) is 0.970. The molecule has 0 saturated heterocycles. The highest BCUT2D eigenvalue weighted by molar-refractivity contribution is 5.76. The van der Waals surface area contributed by atoms with Crippen molar-refractivity contribution in [2.45, 2.75) is 19.4 Å². The zero-order chi connectivity index (χ0) is 9.54. The third-order valence-corrected chi connectivity index (χ3v) is 2.90. The molecule has 1 aromatic carbocycles. The van der Waals surface area contributed by atoms with E-state index in [4.69, 9.17) is 4.74 Å².